The average molecular weight is 267 g/mol. The number of halogens is 1. The van der Waals surface area contributed by atoms with Crippen LogP contribution in [-0.2, 0) is 0 Å². The van der Waals surface area contributed by atoms with E-state index >= 15 is 0 Å². The van der Waals surface area contributed by atoms with Gasteiger partial charge in [-0.25, -0.2) is 4.39 Å². The van der Waals surface area contributed by atoms with Gasteiger partial charge in [0.1, 0.15) is 5.82 Å². The first kappa shape index (κ1) is 14.9. The molecule has 0 saturated carbocycles. The zero-order valence-corrected chi connectivity index (χ0v) is 11.1. The lowest BCUT2D eigenvalue weighted by Gasteiger charge is -2.21. The lowest BCUT2D eigenvalue weighted by Crippen LogP contribution is -2.39. The molecular formula is C13H18FN3O2. The average Bonchev–Trinajstić information content (AvgIpc) is 2.40. The number of hydrogen-bond acceptors (Lipinski definition) is 3. The molecule has 0 aromatic heterocycles. The Morgan fingerprint density at radius 1 is 1.53 bits per heavy atom. The summed E-state index contributed by atoms with van der Waals surface area (Å²) in [5, 5.41) is 11.4. The number of amidine groups is 1. The molecule has 6 heteroatoms. The van der Waals surface area contributed by atoms with Crippen molar-refractivity contribution in [3.8, 4) is 0 Å². The Hall–Kier alpha value is -2.11. The van der Waals surface area contributed by atoms with Crippen molar-refractivity contribution < 1.29 is 14.4 Å². The smallest absolute Gasteiger partial charge is 0.257 e. The molecule has 1 rings (SSSR count). The van der Waals surface area contributed by atoms with Crippen molar-refractivity contribution in [2.45, 2.75) is 20.3 Å². The number of rotatable bonds is 5. The number of oxime groups is 1. The zero-order valence-electron chi connectivity index (χ0n) is 11.1. The van der Waals surface area contributed by atoms with Crippen LogP contribution in [0.15, 0.2) is 23.4 Å². The number of nitrogens with zero attached hydrogens (tertiary/aromatic N) is 2. The van der Waals surface area contributed by atoms with Gasteiger partial charge < -0.3 is 15.8 Å². The maximum Gasteiger partial charge on any atom is 0.257 e. The summed E-state index contributed by atoms with van der Waals surface area (Å²) in [6.45, 7) is 3.86. The number of nitrogens with two attached hydrogens (primary N) is 1. The molecule has 19 heavy (non-hydrogen) atoms. The second-order valence-electron chi connectivity index (χ2n) is 4.25. The van der Waals surface area contributed by atoms with Crippen LogP contribution in [0.2, 0.25) is 0 Å². The second kappa shape index (κ2) is 6.72. The summed E-state index contributed by atoms with van der Waals surface area (Å²) in [6.07, 6.45) is 0.692. The van der Waals surface area contributed by atoms with Crippen LogP contribution in [0.1, 0.15) is 29.3 Å². The molecule has 0 unspecified atom stereocenters. The third kappa shape index (κ3) is 3.67. The molecule has 0 aliphatic carbocycles. The minimum absolute atomic E-state index is 0.000750. The number of carbonyl (C=O) groups excluding carboxylic acids is 1. The predicted molar refractivity (Wildman–Crippen MR) is 70.7 cm³/mol. The molecule has 0 spiro atoms. The minimum Gasteiger partial charge on any atom is -0.409 e. The molecule has 5 nitrogen and oxygen atoms in total. The topological polar surface area (TPSA) is 78.9 Å². The van der Waals surface area contributed by atoms with Crippen LogP contribution >= 0.6 is 0 Å². The highest BCUT2D eigenvalue weighted by Crippen LogP contribution is 2.14. The van der Waals surface area contributed by atoms with Crippen molar-refractivity contribution in [1.29, 1.82) is 0 Å². The van der Waals surface area contributed by atoms with E-state index in [0.717, 1.165) is 0 Å². The van der Waals surface area contributed by atoms with Gasteiger partial charge in [-0.2, -0.15) is 0 Å². The van der Waals surface area contributed by atoms with Crippen LogP contribution in [0.25, 0.3) is 0 Å². The number of amides is 1. The van der Waals surface area contributed by atoms with Gasteiger partial charge in [0.05, 0.1) is 12.1 Å². The number of carbonyl (C=O) groups is 1. The Bertz CT molecular complexity index is 489. The van der Waals surface area contributed by atoms with Crippen LogP contribution in [0, 0.1) is 12.7 Å². The Kier molecular flexibility index (Phi) is 5.29. The van der Waals surface area contributed by atoms with Gasteiger partial charge in [0.25, 0.3) is 5.91 Å². The highest BCUT2D eigenvalue weighted by atomic mass is 19.1. The van der Waals surface area contributed by atoms with Gasteiger partial charge in [0.2, 0.25) is 0 Å². The standard InChI is InChI=1S/C13H18FN3O2/c1-3-7-17(8-11(15)16-19)13(18)10-6-4-5-9(2)12(10)14/h4-6,19H,3,7-8H2,1-2H3,(H2,15,16). The van der Waals surface area contributed by atoms with Gasteiger partial charge in [-0.3, -0.25) is 4.79 Å². The molecule has 0 atom stereocenters. The highest BCUT2D eigenvalue weighted by molar-refractivity contribution is 5.97. The van der Waals surface area contributed by atoms with Crippen molar-refractivity contribution >= 4 is 11.7 Å². The quantitative estimate of drug-likeness (QED) is 0.369. The summed E-state index contributed by atoms with van der Waals surface area (Å²) in [5.41, 5.74) is 5.81. The summed E-state index contributed by atoms with van der Waals surface area (Å²) in [7, 11) is 0. The highest BCUT2D eigenvalue weighted by Gasteiger charge is 2.20. The largest absolute Gasteiger partial charge is 0.409 e. The van der Waals surface area contributed by atoms with Crippen molar-refractivity contribution in [2.24, 2.45) is 10.9 Å². The lowest BCUT2D eigenvalue weighted by molar-refractivity contribution is 0.0773. The van der Waals surface area contributed by atoms with E-state index in [-0.39, 0.29) is 17.9 Å². The minimum atomic E-state index is -0.534. The summed E-state index contributed by atoms with van der Waals surface area (Å²) in [5.74, 6) is -1.09. The molecule has 0 aliphatic rings. The molecule has 1 amide bonds. The Labute approximate surface area is 111 Å². The summed E-state index contributed by atoms with van der Waals surface area (Å²) in [4.78, 5) is 13.6. The van der Waals surface area contributed by atoms with Crippen LogP contribution < -0.4 is 5.73 Å². The molecule has 1 aromatic carbocycles. The van der Waals surface area contributed by atoms with E-state index in [2.05, 4.69) is 5.16 Å². The van der Waals surface area contributed by atoms with E-state index in [9.17, 15) is 9.18 Å². The van der Waals surface area contributed by atoms with E-state index in [4.69, 9.17) is 10.9 Å². The molecule has 0 saturated heterocycles. The predicted octanol–water partition coefficient (Wildman–Crippen LogP) is 1.73. The molecule has 1 aromatic rings. The summed E-state index contributed by atoms with van der Waals surface area (Å²) < 4.78 is 13.9. The molecular weight excluding hydrogens is 249 g/mol. The van der Waals surface area contributed by atoms with Crippen LogP contribution in [-0.4, -0.2) is 34.9 Å². The van der Waals surface area contributed by atoms with Gasteiger partial charge in [-0.15, -0.1) is 0 Å². The monoisotopic (exact) mass is 267 g/mol. The van der Waals surface area contributed by atoms with Crippen LogP contribution in [0.5, 0.6) is 0 Å². The Balaban J connectivity index is 3.02. The van der Waals surface area contributed by atoms with Gasteiger partial charge >= 0.3 is 0 Å². The first-order chi connectivity index (χ1) is 9.01. The first-order valence-corrected chi connectivity index (χ1v) is 6.02. The summed E-state index contributed by atoms with van der Waals surface area (Å²) in [6, 6.07) is 4.65. The van der Waals surface area contributed by atoms with Crippen molar-refractivity contribution in [2.75, 3.05) is 13.1 Å². The molecule has 0 aliphatic heterocycles. The van der Waals surface area contributed by atoms with Gasteiger partial charge in [0.15, 0.2) is 5.84 Å². The SMILES string of the molecule is CCCN(C/C(N)=N/O)C(=O)c1cccc(C)c1F. The molecule has 0 fully saturated rings. The Morgan fingerprint density at radius 2 is 2.21 bits per heavy atom. The van der Waals surface area contributed by atoms with Gasteiger partial charge in [-0.05, 0) is 25.0 Å². The van der Waals surface area contributed by atoms with E-state index < -0.39 is 11.7 Å². The lowest BCUT2D eigenvalue weighted by atomic mass is 10.1. The fraction of sp³-hybridized carbons (Fsp3) is 0.385. The van der Waals surface area contributed by atoms with Crippen LogP contribution in [0.3, 0.4) is 0 Å². The maximum absolute atomic E-state index is 13.9. The van der Waals surface area contributed by atoms with E-state index in [1.54, 1.807) is 19.1 Å². The number of hydrogen-bond donors (Lipinski definition) is 2. The van der Waals surface area contributed by atoms with Crippen molar-refractivity contribution in [3.05, 3.63) is 35.1 Å². The van der Waals surface area contributed by atoms with Gasteiger partial charge in [-0.1, -0.05) is 24.2 Å². The number of benzene rings is 1. The molecule has 3 N–H and O–H groups in total. The van der Waals surface area contributed by atoms with E-state index in [1.807, 2.05) is 6.92 Å². The molecule has 0 radical (unpaired) electrons. The van der Waals surface area contributed by atoms with Crippen molar-refractivity contribution in [3.63, 3.8) is 0 Å². The number of aryl methyl sites for hydroxylation is 1. The first-order valence-electron chi connectivity index (χ1n) is 6.02. The normalized spacial score (nSPS) is 11.4. The van der Waals surface area contributed by atoms with Crippen LogP contribution in [0.4, 0.5) is 4.39 Å². The summed E-state index contributed by atoms with van der Waals surface area (Å²) >= 11 is 0. The third-order valence-electron chi connectivity index (χ3n) is 2.68. The van der Waals surface area contributed by atoms with E-state index in [0.29, 0.717) is 18.5 Å². The third-order valence-corrected chi connectivity index (χ3v) is 2.68. The van der Waals surface area contributed by atoms with Gasteiger partial charge in [0, 0.05) is 6.54 Å². The zero-order chi connectivity index (χ0) is 14.4. The Morgan fingerprint density at radius 3 is 2.79 bits per heavy atom. The van der Waals surface area contributed by atoms with Crippen molar-refractivity contribution in [1.82, 2.24) is 4.90 Å². The molecule has 104 valence electrons. The second-order valence-corrected chi connectivity index (χ2v) is 4.25. The molecule has 0 heterocycles. The maximum atomic E-state index is 13.9. The fourth-order valence-electron chi connectivity index (χ4n) is 1.73. The fourth-order valence-corrected chi connectivity index (χ4v) is 1.73. The molecule has 0 bridgehead atoms. The van der Waals surface area contributed by atoms with E-state index in [1.165, 1.54) is 11.0 Å².